The van der Waals surface area contributed by atoms with Gasteiger partial charge in [-0.25, -0.2) is 0 Å². The molecule has 4 nitrogen and oxygen atoms in total. The Morgan fingerprint density at radius 3 is 2.04 bits per heavy atom. The first-order valence-corrected chi connectivity index (χ1v) is 19.1. The molecule has 273 valence electrons. The second kappa shape index (κ2) is 15.9. The topological polar surface area (TPSA) is 63.1 Å². The SMILES string of the molecule is CC(C)Cc1cnc2cnc3c(c2c1)C1(c2ccccc2-c2ccccc21)c1cccc2cc[c-]c-3c12.CCC(CC)C(=O)/C=C(\O)C(CC)CC.[Ir]. The van der Waals surface area contributed by atoms with Crippen LogP contribution in [-0.4, -0.2) is 20.9 Å². The first-order valence-electron chi connectivity index (χ1n) is 19.1. The number of aliphatic hydroxyl groups is 1. The molecule has 1 spiro atoms. The van der Waals surface area contributed by atoms with Crippen molar-refractivity contribution in [3.8, 4) is 22.4 Å². The molecular formula is C48H49IrN2O2-. The molecule has 1 N–H and O–H groups in total. The van der Waals surface area contributed by atoms with Crippen molar-refractivity contribution < 1.29 is 30.0 Å². The van der Waals surface area contributed by atoms with E-state index in [9.17, 15) is 9.90 Å². The van der Waals surface area contributed by atoms with Crippen LogP contribution in [0, 0.1) is 23.8 Å². The zero-order valence-electron chi connectivity index (χ0n) is 31.7. The van der Waals surface area contributed by atoms with Gasteiger partial charge in [0.05, 0.1) is 16.7 Å². The molecule has 0 saturated carbocycles. The molecule has 4 aromatic carbocycles. The predicted molar refractivity (Wildman–Crippen MR) is 215 cm³/mol. The van der Waals surface area contributed by atoms with E-state index < -0.39 is 5.41 Å². The molecule has 5 heteroatoms. The Bertz CT molecular complexity index is 2260. The van der Waals surface area contributed by atoms with E-state index in [1.54, 1.807) is 0 Å². The summed E-state index contributed by atoms with van der Waals surface area (Å²) in [5.41, 5.74) is 11.6. The van der Waals surface area contributed by atoms with E-state index in [1.165, 1.54) is 61.2 Å². The molecule has 0 fully saturated rings. The van der Waals surface area contributed by atoms with Crippen molar-refractivity contribution in [2.24, 2.45) is 17.8 Å². The number of aromatic nitrogens is 2. The largest absolute Gasteiger partial charge is 0.512 e. The van der Waals surface area contributed by atoms with Gasteiger partial charge in [0.1, 0.15) is 0 Å². The summed E-state index contributed by atoms with van der Waals surface area (Å²) < 4.78 is 0. The number of fused-ring (bicyclic) bond motifs is 11. The summed E-state index contributed by atoms with van der Waals surface area (Å²) in [5.74, 6) is 1.10. The maximum Gasteiger partial charge on any atom is 0.162 e. The fourth-order valence-electron chi connectivity index (χ4n) is 8.77. The number of carbonyl (C=O) groups is 1. The quantitative estimate of drug-likeness (QED) is 0.0891. The zero-order valence-corrected chi connectivity index (χ0v) is 34.1. The minimum absolute atomic E-state index is 0. The third-order valence-corrected chi connectivity index (χ3v) is 11.3. The summed E-state index contributed by atoms with van der Waals surface area (Å²) in [6.07, 6.45) is 9.89. The standard InChI is InChI=1S/C35H25N2.C13H24O2.Ir/c1-21(2)17-22-18-27-31(36-19-22)20-37-34-26-13-7-9-23-10-8-16-30(32(23)26)35(33(27)34)28-14-5-3-11-24(28)25-12-4-6-15-29(25)35;1-5-10(6-2)12(14)9-13(15)11(7-3)8-4;/h3-12,14-16,18-21H,17H2,1-2H3;9-11,14H,5-8H2,1-4H3;/q-1;;/b;12-9-;. The summed E-state index contributed by atoms with van der Waals surface area (Å²) in [5, 5.41) is 13.4. The number of carbonyl (C=O) groups excluding carboxylic acids is 1. The van der Waals surface area contributed by atoms with Crippen LogP contribution >= 0.6 is 0 Å². The second-order valence-corrected chi connectivity index (χ2v) is 14.8. The molecule has 0 bridgehead atoms. The summed E-state index contributed by atoms with van der Waals surface area (Å²) in [6.45, 7) is 12.6. The Balaban J connectivity index is 0.000000258. The number of hydrogen-bond acceptors (Lipinski definition) is 4. The van der Waals surface area contributed by atoms with E-state index in [0.717, 1.165) is 48.9 Å². The molecule has 0 unspecified atom stereocenters. The van der Waals surface area contributed by atoms with Gasteiger partial charge in [-0.15, -0.1) is 29.1 Å². The number of nitrogens with zero attached hydrogens (tertiary/aromatic N) is 2. The molecular weight excluding hydrogens is 829 g/mol. The van der Waals surface area contributed by atoms with Gasteiger partial charge < -0.3 is 10.1 Å². The molecule has 0 amide bonds. The summed E-state index contributed by atoms with van der Waals surface area (Å²) in [4.78, 5) is 21.8. The van der Waals surface area contributed by atoms with Gasteiger partial charge >= 0.3 is 0 Å². The Labute approximate surface area is 328 Å². The Hall–Kier alpha value is -4.44. The van der Waals surface area contributed by atoms with E-state index in [1.807, 2.05) is 46.2 Å². The molecule has 2 aliphatic carbocycles. The molecule has 53 heavy (non-hydrogen) atoms. The number of ketones is 1. The van der Waals surface area contributed by atoms with Crippen LogP contribution in [0.5, 0.6) is 0 Å². The molecule has 6 aromatic rings. The number of pyridine rings is 2. The summed E-state index contributed by atoms with van der Waals surface area (Å²) >= 11 is 0. The van der Waals surface area contributed by atoms with Crippen molar-refractivity contribution >= 4 is 27.5 Å². The molecule has 0 aliphatic heterocycles. The van der Waals surface area contributed by atoms with Crippen LogP contribution in [0.4, 0.5) is 0 Å². The van der Waals surface area contributed by atoms with Crippen molar-refractivity contribution in [1.82, 2.24) is 9.97 Å². The summed E-state index contributed by atoms with van der Waals surface area (Å²) in [7, 11) is 0. The number of benzene rings is 4. The van der Waals surface area contributed by atoms with Crippen molar-refractivity contribution in [2.45, 2.75) is 79.1 Å². The molecule has 2 aliphatic rings. The van der Waals surface area contributed by atoms with Crippen LogP contribution < -0.4 is 0 Å². The van der Waals surface area contributed by atoms with E-state index in [0.29, 0.717) is 5.92 Å². The van der Waals surface area contributed by atoms with Crippen molar-refractivity contribution in [3.63, 3.8) is 0 Å². The Kier molecular flexibility index (Phi) is 11.5. The van der Waals surface area contributed by atoms with E-state index >= 15 is 0 Å². The Morgan fingerprint density at radius 2 is 1.42 bits per heavy atom. The van der Waals surface area contributed by atoms with E-state index in [4.69, 9.17) is 9.97 Å². The van der Waals surface area contributed by atoms with Gasteiger partial charge in [0.15, 0.2) is 5.78 Å². The average molecular weight is 878 g/mol. The van der Waals surface area contributed by atoms with Gasteiger partial charge in [0.25, 0.3) is 0 Å². The third kappa shape index (κ3) is 6.47. The van der Waals surface area contributed by atoms with Gasteiger partial charge in [-0.3, -0.25) is 9.78 Å². The minimum Gasteiger partial charge on any atom is -0.512 e. The monoisotopic (exact) mass is 878 g/mol. The van der Waals surface area contributed by atoms with Crippen molar-refractivity contribution in [1.29, 1.82) is 0 Å². The van der Waals surface area contributed by atoms with Crippen LogP contribution in [0.3, 0.4) is 0 Å². The Morgan fingerprint density at radius 1 is 0.792 bits per heavy atom. The molecule has 0 saturated heterocycles. The average Bonchev–Trinajstić information content (AvgIpc) is 3.45. The van der Waals surface area contributed by atoms with Crippen LogP contribution in [0.15, 0.2) is 109 Å². The molecule has 2 heterocycles. The van der Waals surface area contributed by atoms with Crippen molar-refractivity contribution in [2.75, 3.05) is 0 Å². The maximum atomic E-state index is 11.7. The molecule has 2 aromatic heterocycles. The van der Waals surface area contributed by atoms with E-state index in [-0.39, 0.29) is 43.5 Å². The fraction of sp³-hybridized carbons (Fsp3) is 0.312. The first-order chi connectivity index (χ1) is 25.3. The smallest absolute Gasteiger partial charge is 0.162 e. The first kappa shape index (κ1) is 38.3. The zero-order chi connectivity index (χ0) is 36.6. The predicted octanol–water partition coefficient (Wildman–Crippen LogP) is 12.0. The number of allylic oxidation sites excluding steroid dienone is 2. The van der Waals surface area contributed by atoms with Gasteiger partial charge in [0, 0.05) is 50.4 Å². The molecule has 8 rings (SSSR count). The fourth-order valence-corrected chi connectivity index (χ4v) is 8.77. The number of aliphatic hydroxyl groups excluding tert-OH is 1. The van der Waals surface area contributed by atoms with Gasteiger partial charge in [-0.2, -0.15) is 0 Å². The summed E-state index contributed by atoms with van der Waals surface area (Å²) in [6, 6.07) is 34.8. The number of hydrogen-bond donors (Lipinski definition) is 1. The van der Waals surface area contributed by atoms with Crippen LogP contribution in [0.1, 0.15) is 95.0 Å². The van der Waals surface area contributed by atoms with Gasteiger partial charge in [-0.05, 0) is 88.5 Å². The van der Waals surface area contributed by atoms with E-state index in [2.05, 4.69) is 98.8 Å². The van der Waals surface area contributed by atoms with Gasteiger partial charge in [0.2, 0.25) is 0 Å². The van der Waals surface area contributed by atoms with Crippen molar-refractivity contribution in [3.05, 3.63) is 143 Å². The van der Waals surface area contributed by atoms with Crippen LogP contribution in [-0.2, 0) is 36.7 Å². The van der Waals surface area contributed by atoms with Crippen LogP contribution in [0.2, 0.25) is 0 Å². The van der Waals surface area contributed by atoms with Gasteiger partial charge in [-0.1, -0.05) is 119 Å². The maximum absolute atomic E-state index is 11.7. The normalized spacial score (nSPS) is 13.5. The third-order valence-electron chi connectivity index (χ3n) is 11.3. The molecule has 1 radical (unpaired) electrons. The second-order valence-electron chi connectivity index (χ2n) is 14.8. The minimum atomic E-state index is -0.477. The number of rotatable bonds is 9. The van der Waals surface area contributed by atoms with Crippen LogP contribution in [0.25, 0.3) is 44.1 Å². The molecule has 0 atom stereocenters.